The van der Waals surface area contributed by atoms with Crippen LogP contribution in [0.25, 0.3) is 0 Å². The highest BCUT2D eigenvalue weighted by Gasteiger charge is 2.73. The number of aliphatic hydroxyl groups is 1. The van der Waals surface area contributed by atoms with Gasteiger partial charge >= 0.3 is 5.97 Å². The Labute approximate surface area is 126 Å². The Kier molecular flexibility index (Phi) is 2.55. The Morgan fingerprint density at radius 1 is 1.32 bits per heavy atom. The minimum Gasteiger partial charge on any atom is -0.507 e. The summed E-state index contributed by atoms with van der Waals surface area (Å²) in [6.07, 6.45) is 2.92. The van der Waals surface area contributed by atoms with Crippen molar-refractivity contribution in [3.05, 3.63) is 34.6 Å². The number of allylic oxidation sites excluding steroid dienone is 4. The number of aliphatic hydroxyl groups excluding tert-OH is 1. The molecule has 3 atom stereocenters. The fraction of sp³-hybridized carbons (Fsp3) is 0.438. The fourth-order valence-corrected chi connectivity index (χ4v) is 3.52. The summed E-state index contributed by atoms with van der Waals surface area (Å²) in [7, 11) is 0. The Balaban J connectivity index is 1.89. The smallest absolute Gasteiger partial charge is 0.342 e. The highest BCUT2D eigenvalue weighted by molar-refractivity contribution is 6.48. The molecule has 114 valence electrons. The maximum atomic E-state index is 12.2. The number of hydrogen-bond donors (Lipinski definition) is 1. The largest absolute Gasteiger partial charge is 0.507 e. The van der Waals surface area contributed by atoms with E-state index in [1.165, 1.54) is 0 Å². The van der Waals surface area contributed by atoms with E-state index >= 15 is 0 Å². The number of carbonyl (C=O) groups excluding carboxylic acids is 3. The van der Waals surface area contributed by atoms with Crippen molar-refractivity contribution in [3.63, 3.8) is 0 Å². The summed E-state index contributed by atoms with van der Waals surface area (Å²) >= 11 is 0. The van der Waals surface area contributed by atoms with Gasteiger partial charge in [-0.1, -0.05) is 11.6 Å². The molecule has 22 heavy (non-hydrogen) atoms. The zero-order valence-corrected chi connectivity index (χ0v) is 11.9. The minimum absolute atomic E-state index is 0.199. The van der Waals surface area contributed by atoms with Crippen LogP contribution in [0, 0.1) is 0 Å². The summed E-state index contributed by atoms with van der Waals surface area (Å²) in [5.74, 6) is -2.18. The van der Waals surface area contributed by atoms with E-state index in [9.17, 15) is 19.5 Å². The van der Waals surface area contributed by atoms with Gasteiger partial charge in [-0.2, -0.15) is 0 Å². The Morgan fingerprint density at radius 2 is 2.09 bits per heavy atom. The molecule has 2 saturated heterocycles. The number of fused-ring (bicyclic) bond motifs is 1. The molecule has 2 heterocycles. The third-order valence-electron chi connectivity index (χ3n) is 4.71. The van der Waals surface area contributed by atoms with E-state index in [2.05, 4.69) is 0 Å². The van der Waals surface area contributed by atoms with E-state index in [4.69, 9.17) is 9.47 Å². The first-order chi connectivity index (χ1) is 10.4. The number of ether oxygens (including phenoxy) is 2. The second-order valence-electron chi connectivity index (χ2n) is 6.13. The number of rotatable bonds is 0. The predicted octanol–water partition coefficient (Wildman–Crippen LogP) is 1.07. The van der Waals surface area contributed by atoms with E-state index in [1.807, 2.05) is 13.0 Å². The van der Waals surface area contributed by atoms with Crippen LogP contribution in [0.15, 0.2) is 34.6 Å². The summed E-state index contributed by atoms with van der Waals surface area (Å²) < 4.78 is 10.9. The van der Waals surface area contributed by atoms with Gasteiger partial charge in [-0.05, 0) is 26.2 Å². The van der Waals surface area contributed by atoms with Crippen molar-refractivity contribution >= 4 is 17.5 Å². The van der Waals surface area contributed by atoms with E-state index in [-0.39, 0.29) is 23.3 Å². The van der Waals surface area contributed by atoms with Gasteiger partial charge in [0.05, 0.1) is 0 Å². The molecule has 0 aromatic heterocycles. The van der Waals surface area contributed by atoms with Crippen LogP contribution >= 0.6 is 0 Å². The molecule has 6 heteroatoms. The SMILES string of the molecule is C/C1=C/CC[C@@]23O[C@@H]2[C@H](OC3=O)C2=C(C1)C(=O)C(=O)C=C2O. The van der Waals surface area contributed by atoms with Crippen LogP contribution in [0.5, 0.6) is 0 Å². The van der Waals surface area contributed by atoms with Crippen molar-refractivity contribution in [3.8, 4) is 0 Å². The highest BCUT2D eigenvalue weighted by Crippen LogP contribution is 2.53. The van der Waals surface area contributed by atoms with Gasteiger partial charge in [0.25, 0.3) is 0 Å². The van der Waals surface area contributed by atoms with Gasteiger partial charge in [0.2, 0.25) is 11.6 Å². The number of carbonyl (C=O) groups is 3. The van der Waals surface area contributed by atoms with Crippen molar-refractivity contribution in [1.82, 2.24) is 0 Å². The van der Waals surface area contributed by atoms with E-state index in [0.717, 1.165) is 11.6 Å². The molecule has 0 spiro atoms. The third kappa shape index (κ3) is 1.61. The first-order valence-corrected chi connectivity index (χ1v) is 7.21. The summed E-state index contributed by atoms with van der Waals surface area (Å²) in [6, 6.07) is 0. The molecule has 4 aliphatic rings. The van der Waals surface area contributed by atoms with Gasteiger partial charge in [-0.25, -0.2) is 4.79 Å². The molecule has 2 bridgehead atoms. The topological polar surface area (TPSA) is 93.2 Å². The Bertz CT molecular complexity index is 725. The molecular weight excluding hydrogens is 288 g/mol. The van der Waals surface area contributed by atoms with Gasteiger partial charge in [0.1, 0.15) is 11.9 Å². The standard InChI is InChI=1S/C16H14O6/c1-7-3-2-4-16-14(22-16)13(21-15(16)20)11-8(5-7)12(19)10(18)6-9(11)17/h3,6,13-14,17H,2,4-5H2,1H3/b7-3-/t13-,14-,16-/m1/s1. The number of ketones is 2. The van der Waals surface area contributed by atoms with E-state index in [0.29, 0.717) is 12.8 Å². The predicted molar refractivity (Wildman–Crippen MR) is 72.8 cm³/mol. The summed E-state index contributed by atoms with van der Waals surface area (Å²) in [5, 5.41) is 10.2. The maximum Gasteiger partial charge on any atom is 0.342 e. The average molecular weight is 302 g/mol. The lowest BCUT2D eigenvalue weighted by Gasteiger charge is -2.22. The number of hydrogen-bond acceptors (Lipinski definition) is 6. The quantitative estimate of drug-likeness (QED) is 0.236. The molecule has 0 amide bonds. The molecule has 2 fully saturated rings. The molecule has 6 nitrogen and oxygen atoms in total. The zero-order valence-electron chi connectivity index (χ0n) is 11.9. The van der Waals surface area contributed by atoms with Crippen LogP contribution in [0.1, 0.15) is 26.2 Å². The van der Waals surface area contributed by atoms with Gasteiger partial charge in [-0.3, -0.25) is 9.59 Å². The summed E-state index contributed by atoms with van der Waals surface area (Å²) in [4.78, 5) is 36.0. The molecule has 4 rings (SSSR count). The molecule has 0 unspecified atom stereocenters. The first-order valence-electron chi connectivity index (χ1n) is 7.21. The minimum atomic E-state index is -0.957. The molecule has 0 aromatic carbocycles. The van der Waals surface area contributed by atoms with Gasteiger partial charge < -0.3 is 14.6 Å². The summed E-state index contributed by atoms with van der Waals surface area (Å²) in [6.45, 7) is 1.85. The van der Waals surface area contributed by atoms with Gasteiger partial charge in [-0.15, -0.1) is 0 Å². The molecule has 0 saturated carbocycles. The maximum absolute atomic E-state index is 12.2. The molecular formula is C16H14O6. The average Bonchev–Trinajstić information content (AvgIpc) is 3.12. The van der Waals surface area contributed by atoms with Crippen LogP contribution in [0.2, 0.25) is 0 Å². The zero-order chi connectivity index (χ0) is 15.6. The van der Waals surface area contributed by atoms with Crippen molar-refractivity contribution in [2.24, 2.45) is 0 Å². The number of esters is 1. The molecule has 0 aromatic rings. The van der Waals surface area contributed by atoms with Gasteiger partial charge in [0.15, 0.2) is 11.7 Å². The lowest BCUT2D eigenvalue weighted by molar-refractivity contribution is -0.152. The molecule has 1 N–H and O–H groups in total. The highest BCUT2D eigenvalue weighted by atomic mass is 16.7. The molecule has 2 aliphatic carbocycles. The van der Waals surface area contributed by atoms with Crippen molar-refractivity contribution in [2.45, 2.75) is 44.0 Å². The fourth-order valence-electron chi connectivity index (χ4n) is 3.52. The van der Waals surface area contributed by atoms with Crippen LogP contribution < -0.4 is 0 Å². The normalized spacial score (nSPS) is 39.4. The first kappa shape index (κ1) is 13.5. The van der Waals surface area contributed by atoms with Crippen molar-refractivity contribution in [1.29, 1.82) is 0 Å². The van der Waals surface area contributed by atoms with E-state index in [1.54, 1.807) is 0 Å². The lowest BCUT2D eigenvalue weighted by Crippen LogP contribution is -2.30. The monoisotopic (exact) mass is 302 g/mol. The Morgan fingerprint density at radius 3 is 2.82 bits per heavy atom. The second-order valence-corrected chi connectivity index (χ2v) is 6.13. The number of Topliss-reactive ketones (excluding diaryl/α,β-unsaturated/α-hetero) is 1. The third-order valence-corrected chi connectivity index (χ3v) is 4.71. The van der Waals surface area contributed by atoms with Crippen molar-refractivity contribution < 1.29 is 29.0 Å². The second kappa shape index (κ2) is 4.16. The Hall–Kier alpha value is -2.21. The molecule has 0 radical (unpaired) electrons. The van der Waals surface area contributed by atoms with Crippen LogP contribution in [-0.2, 0) is 23.9 Å². The summed E-state index contributed by atoms with van der Waals surface area (Å²) in [5.41, 5.74) is 0.370. The lowest BCUT2D eigenvalue weighted by atomic mass is 9.83. The van der Waals surface area contributed by atoms with Crippen molar-refractivity contribution in [2.75, 3.05) is 0 Å². The van der Waals surface area contributed by atoms with Gasteiger partial charge in [0, 0.05) is 17.2 Å². The van der Waals surface area contributed by atoms with Crippen LogP contribution in [0.3, 0.4) is 0 Å². The van der Waals surface area contributed by atoms with E-state index < -0.39 is 35.3 Å². The van der Waals surface area contributed by atoms with Crippen LogP contribution in [0.4, 0.5) is 0 Å². The number of epoxide rings is 1. The van der Waals surface area contributed by atoms with Crippen LogP contribution in [-0.4, -0.2) is 40.5 Å². The molecule has 2 aliphatic heterocycles.